The Morgan fingerprint density at radius 2 is 1.39 bits per heavy atom. The predicted molar refractivity (Wildman–Crippen MR) is 98.2 cm³/mol. The van der Waals surface area contributed by atoms with E-state index in [4.69, 9.17) is 5.11 Å². The van der Waals surface area contributed by atoms with E-state index in [0.29, 0.717) is 5.75 Å². The van der Waals surface area contributed by atoms with Crippen molar-refractivity contribution < 1.29 is 10.2 Å². The standard InChI is InChI=1S/C20H35NO2/c1-19(2,3)16-12-15(14-21(7)10-8-9-11-22)13-17(18(16)23)20(4,5)6/h12-13,22-23H,8-11,14H2,1-7H3. The van der Waals surface area contributed by atoms with Gasteiger partial charge in [0.1, 0.15) is 5.75 Å². The van der Waals surface area contributed by atoms with E-state index < -0.39 is 0 Å². The van der Waals surface area contributed by atoms with Gasteiger partial charge in [0.05, 0.1) is 0 Å². The molecule has 1 aromatic carbocycles. The van der Waals surface area contributed by atoms with Gasteiger partial charge in [-0.15, -0.1) is 0 Å². The van der Waals surface area contributed by atoms with Crippen molar-refractivity contribution in [3.8, 4) is 5.75 Å². The molecule has 0 heterocycles. The number of nitrogens with zero attached hydrogens (tertiary/aromatic N) is 1. The van der Waals surface area contributed by atoms with Gasteiger partial charge in [0.2, 0.25) is 0 Å². The monoisotopic (exact) mass is 321 g/mol. The number of benzene rings is 1. The molecule has 0 aliphatic carbocycles. The van der Waals surface area contributed by atoms with Gasteiger partial charge in [-0.05, 0) is 54.0 Å². The molecule has 1 rings (SSSR count). The molecule has 0 fully saturated rings. The van der Waals surface area contributed by atoms with E-state index in [9.17, 15) is 5.11 Å². The highest BCUT2D eigenvalue weighted by atomic mass is 16.3. The Morgan fingerprint density at radius 1 is 0.913 bits per heavy atom. The Hall–Kier alpha value is -1.06. The maximum Gasteiger partial charge on any atom is 0.123 e. The Morgan fingerprint density at radius 3 is 1.78 bits per heavy atom. The van der Waals surface area contributed by atoms with Crippen LogP contribution in [-0.4, -0.2) is 35.3 Å². The lowest BCUT2D eigenvalue weighted by Crippen LogP contribution is -2.22. The van der Waals surface area contributed by atoms with E-state index in [-0.39, 0.29) is 17.4 Å². The number of hydrogen-bond acceptors (Lipinski definition) is 3. The van der Waals surface area contributed by atoms with Gasteiger partial charge in [-0.25, -0.2) is 0 Å². The van der Waals surface area contributed by atoms with Crippen LogP contribution in [0.4, 0.5) is 0 Å². The highest BCUT2D eigenvalue weighted by Gasteiger charge is 2.26. The van der Waals surface area contributed by atoms with Gasteiger partial charge in [-0.3, -0.25) is 0 Å². The quantitative estimate of drug-likeness (QED) is 0.772. The van der Waals surface area contributed by atoms with Crippen molar-refractivity contribution in [2.24, 2.45) is 0 Å². The first-order valence-electron chi connectivity index (χ1n) is 8.63. The van der Waals surface area contributed by atoms with E-state index in [1.54, 1.807) is 0 Å². The summed E-state index contributed by atoms with van der Waals surface area (Å²) in [6.07, 6.45) is 1.85. The lowest BCUT2D eigenvalue weighted by atomic mass is 9.78. The summed E-state index contributed by atoms with van der Waals surface area (Å²) in [4.78, 5) is 2.28. The first-order chi connectivity index (χ1) is 10.5. The first-order valence-corrected chi connectivity index (χ1v) is 8.63. The van der Waals surface area contributed by atoms with Crippen LogP contribution < -0.4 is 0 Å². The molecule has 1 aromatic rings. The second kappa shape index (κ2) is 7.67. The van der Waals surface area contributed by atoms with Crippen molar-refractivity contribution in [3.05, 3.63) is 28.8 Å². The molecular weight excluding hydrogens is 286 g/mol. The second-order valence-corrected chi connectivity index (χ2v) is 8.71. The zero-order valence-electron chi connectivity index (χ0n) is 16.0. The molecule has 0 aliphatic heterocycles. The van der Waals surface area contributed by atoms with Crippen LogP contribution in [0.3, 0.4) is 0 Å². The summed E-state index contributed by atoms with van der Waals surface area (Å²) in [6.45, 7) is 14.9. The molecule has 0 atom stereocenters. The molecule has 0 saturated heterocycles. The molecule has 3 heteroatoms. The Balaban J connectivity index is 3.13. The van der Waals surface area contributed by atoms with E-state index >= 15 is 0 Å². The van der Waals surface area contributed by atoms with Crippen molar-refractivity contribution >= 4 is 0 Å². The number of unbranched alkanes of at least 4 members (excludes halogenated alkanes) is 1. The van der Waals surface area contributed by atoms with E-state index in [2.05, 4.69) is 65.6 Å². The van der Waals surface area contributed by atoms with Gasteiger partial charge in [0.25, 0.3) is 0 Å². The molecule has 0 spiro atoms. The molecule has 132 valence electrons. The first kappa shape index (κ1) is 20.0. The predicted octanol–water partition coefficient (Wildman–Crippen LogP) is 4.19. The van der Waals surface area contributed by atoms with Gasteiger partial charge >= 0.3 is 0 Å². The van der Waals surface area contributed by atoms with Gasteiger partial charge in [-0.2, -0.15) is 0 Å². The normalized spacial score (nSPS) is 12.9. The molecule has 0 radical (unpaired) electrons. The number of hydrogen-bond donors (Lipinski definition) is 2. The fraction of sp³-hybridized carbons (Fsp3) is 0.700. The minimum absolute atomic E-state index is 0.0877. The van der Waals surface area contributed by atoms with Crippen LogP contribution >= 0.6 is 0 Å². The molecular formula is C20H35NO2. The SMILES string of the molecule is CN(CCCCO)Cc1cc(C(C)(C)C)c(O)c(C(C)(C)C)c1. The van der Waals surface area contributed by atoms with E-state index in [1.807, 2.05) is 0 Å². The third-order valence-corrected chi connectivity index (χ3v) is 4.19. The fourth-order valence-electron chi connectivity index (χ4n) is 2.81. The number of aliphatic hydroxyl groups excluding tert-OH is 1. The average molecular weight is 322 g/mol. The summed E-state index contributed by atoms with van der Waals surface area (Å²) in [5.41, 5.74) is 3.10. The summed E-state index contributed by atoms with van der Waals surface area (Å²) < 4.78 is 0. The summed E-state index contributed by atoms with van der Waals surface area (Å²) >= 11 is 0. The smallest absolute Gasteiger partial charge is 0.123 e. The molecule has 0 aliphatic rings. The lowest BCUT2D eigenvalue weighted by molar-refractivity contribution is 0.261. The molecule has 3 nitrogen and oxygen atoms in total. The van der Waals surface area contributed by atoms with Crippen LogP contribution in [0.25, 0.3) is 0 Å². The van der Waals surface area contributed by atoms with Crippen LogP contribution in [0.15, 0.2) is 12.1 Å². The Bertz CT molecular complexity index is 474. The average Bonchev–Trinajstić information content (AvgIpc) is 2.38. The third kappa shape index (κ3) is 5.82. The minimum Gasteiger partial charge on any atom is -0.507 e. The lowest BCUT2D eigenvalue weighted by Gasteiger charge is -2.29. The fourth-order valence-corrected chi connectivity index (χ4v) is 2.81. The van der Waals surface area contributed by atoms with Crippen molar-refractivity contribution in [1.29, 1.82) is 0 Å². The zero-order chi connectivity index (χ0) is 17.8. The summed E-state index contributed by atoms with van der Waals surface area (Å²) in [6, 6.07) is 4.29. The number of aromatic hydroxyl groups is 1. The molecule has 0 saturated carbocycles. The van der Waals surface area contributed by atoms with Crippen molar-refractivity contribution in [1.82, 2.24) is 4.90 Å². The summed E-state index contributed by atoms with van der Waals surface area (Å²) in [7, 11) is 2.11. The molecule has 0 bridgehead atoms. The minimum atomic E-state index is -0.0877. The molecule has 2 N–H and O–H groups in total. The van der Waals surface area contributed by atoms with Crippen LogP contribution in [0.1, 0.15) is 71.1 Å². The van der Waals surface area contributed by atoms with Crippen molar-refractivity contribution in [3.63, 3.8) is 0 Å². The molecule has 23 heavy (non-hydrogen) atoms. The maximum atomic E-state index is 10.8. The number of rotatable bonds is 6. The maximum absolute atomic E-state index is 10.8. The van der Waals surface area contributed by atoms with Crippen LogP contribution in [-0.2, 0) is 17.4 Å². The topological polar surface area (TPSA) is 43.7 Å². The highest BCUT2D eigenvalue weighted by molar-refractivity contribution is 5.49. The number of phenolic OH excluding ortho intramolecular Hbond substituents is 1. The van der Waals surface area contributed by atoms with Crippen molar-refractivity contribution in [2.45, 2.75) is 71.8 Å². The van der Waals surface area contributed by atoms with Gasteiger partial charge in [0, 0.05) is 13.2 Å². The number of phenols is 1. The second-order valence-electron chi connectivity index (χ2n) is 8.71. The van der Waals surface area contributed by atoms with Crippen LogP contribution in [0, 0.1) is 0 Å². The van der Waals surface area contributed by atoms with Crippen LogP contribution in [0.5, 0.6) is 5.75 Å². The van der Waals surface area contributed by atoms with E-state index in [1.165, 1.54) is 5.56 Å². The molecule has 0 amide bonds. The molecule has 0 aromatic heterocycles. The van der Waals surface area contributed by atoms with Gasteiger partial charge in [0.15, 0.2) is 0 Å². The Labute approximate surface area is 142 Å². The summed E-state index contributed by atoms with van der Waals surface area (Å²) in [5.74, 6) is 0.441. The van der Waals surface area contributed by atoms with Gasteiger partial charge < -0.3 is 15.1 Å². The van der Waals surface area contributed by atoms with Crippen LogP contribution in [0.2, 0.25) is 0 Å². The van der Waals surface area contributed by atoms with Gasteiger partial charge in [-0.1, -0.05) is 53.7 Å². The largest absolute Gasteiger partial charge is 0.507 e. The highest BCUT2D eigenvalue weighted by Crippen LogP contribution is 2.39. The molecule has 0 unspecified atom stereocenters. The summed E-state index contributed by atoms with van der Waals surface area (Å²) in [5, 5.41) is 19.7. The Kier molecular flexibility index (Phi) is 6.67. The third-order valence-electron chi connectivity index (χ3n) is 4.19. The van der Waals surface area contributed by atoms with E-state index in [0.717, 1.165) is 37.1 Å². The zero-order valence-corrected chi connectivity index (χ0v) is 16.0. The van der Waals surface area contributed by atoms with Crippen molar-refractivity contribution in [2.75, 3.05) is 20.2 Å². The number of aliphatic hydroxyl groups is 1.